The second kappa shape index (κ2) is 5.61. The summed E-state index contributed by atoms with van der Waals surface area (Å²) in [7, 11) is 0. The number of hydrogen-bond acceptors (Lipinski definition) is 2. The third kappa shape index (κ3) is 3.62. The van der Waals surface area contributed by atoms with Crippen LogP contribution in [0.1, 0.15) is 18.1 Å². The Hall–Kier alpha value is -1.42. The minimum Gasteiger partial charge on any atom is -0.354 e. The van der Waals surface area contributed by atoms with E-state index in [2.05, 4.69) is 5.32 Å². The molecule has 1 aromatic rings. The molecule has 88 valence electrons. The zero-order chi connectivity index (χ0) is 12.1. The van der Waals surface area contributed by atoms with Crippen LogP contribution in [-0.2, 0) is 11.2 Å². The summed E-state index contributed by atoms with van der Waals surface area (Å²) in [5, 5.41) is 2.71. The van der Waals surface area contributed by atoms with Crippen LogP contribution in [0, 0.1) is 12.7 Å². The van der Waals surface area contributed by atoms with Crippen LogP contribution in [0.2, 0.25) is 0 Å². The first-order chi connectivity index (χ1) is 7.50. The van der Waals surface area contributed by atoms with Crippen LogP contribution in [0.15, 0.2) is 18.2 Å². The Balaban J connectivity index is 2.46. The van der Waals surface area contributed by atoms with Crippen LogP contribution in [0.25, 0.3) is 0 Å². The minimum absolute atomic E-state index is 0.167. The Morgan fingerprint density at radius 1 is 1.56 bits per heavy atom. The quantitative estimate of drug-likeness (QED) is 0.805. The summed E-state index contributed by atoms with van der Waals surface area (Å²) in [6.07, 6.45) is 0.685. The maximum Gasteiger partial charge on any atom is 0.236 e. The van der Waals surface area contributed by atoms with E-state index in [4.69, 9.17) is 5.73 Å². The maximum atomic E-state index is 12.8. The normalized spacial score (nSPS) is 12.2. The number of rotatable bonds is 4. The van der Waals surface area contributed by atoms with E-state index in [9.17, 15) is 9.18 Å². The number of nitrogens with two attached hydrogens (primary N) is 1. The van der Waals surface area contributed by atoms with Crippen molar-refractivity contribution < 1.29 is 9.18 Å². The first-order valence-corrected chi connectivity index (χ1v) is 5.29. The number of aryl methyl sites for hydroxylation is 1. The smallest absolute Gasteiger partial charge is 0.236 e. The number of carbonyl (C=O) groups is 1. The molecule has 1 atom stereocenters. The van der Waals surface area contributed by atoms with E-state index in [1.807, 2.05) is 6.92 Å². The van der Waals surface area contributed by atoms with Crippen molar-refractivity contribution in [2.45, 2.75) is 26.3 Å². The summed E-state index contributed by atoms with van der Waals surface area (Å²) in [5.74, 6) is -0.402. The molecule has 0 radical (unpaired) electrons. The molecule has 0 spiro atoms. The van der Waals surface area contributed by atoms with Crippen molar-refractivity contribution in [3.05, 3.63) is 35.1 Å². The van der Waals surface area contributed by atoms with Gasteiger partial charge in [-0.3, -0.25) is 4.79 Å². The molecule has 1 rings (SSSR count). The van der Waals surface area contributed by atoms with Crippen molar-refractivity contribution in [3.8, 4) is 0 Å². The largest absolute Gasteiger partial charge is 0.354 e. The van der Waals surface area contributed by atoms with Gasteiger partial charge < -0.3 is 11.1 Å². The van der Waals surface area contributed by atoms with Crippen LogP contribution in [-0.4, -0.2) is 18.5 Å². The van der Waals surface area contributed by atoms with Crippen LogP contribution in [0.4, 0.5) is 4.39 Å². The average Bonchev–Trinajstić information content (AvgIpc) is 2.20. The van der Waals surface area contributed by atoms with E-state index >= 15 is 0 Å². The molecule has 0 fully saturated rings. The summed E-state index contributed by atoms with van der Waals surface area (Å²) in [6, 6.07) is 4.16. The second-order valence-corrected chi connectivity index (χ2v) is 3.90. The minimum atomic E-state index is -0.491. The Labute approximate surface area is 94.8 Å². The van der Waals surface area contributed by atoms with Crippen molar-refractivity contribution >= 4 is 5.91 Å². The predicted octanol–water partition coefficient (Wildman–Crippen LogP) is 1.14. The van der Waals surface area contributed by atoms with Gasteiger partial charge in [0, 0.05) is 6.54 Å². The summed E-state index contributed by atoms with van der Waals surface area (Å²) >= 11 is 0. The van der Waals surface area contributed by atoms with Crippen molar-refractivity contribution in [1.29, 1.82) is 0 Å². The van der Waals surface area contributed by atoms with Gasteiger partial charge >= 0.3 is 0 Å². The van der Waals surface area contributed by atoms with Crippen molar-refractivity contribution in [2.24, 2.45) is 5.73 Å². The van der Waals surface area contributed by atoms with Crippen molar-refractivity contribution in [3.63, 3.8) is 0 Å². The molecule has 0 aliphatic carbocycles. The summed E-state index contributed by atoms with van der Waals surface area (Å²) < 4.78 is 12.8. The topological polar surface area (TPSA) is 55.1 Å². The molecule has 16 heavy (non-hydrogen) atoms. The number of benzene rings is 1. The lowest BCUT2D eigenvalue weighted by molar-refractivity contribution is -0.121. The molecule has 0 heterocycles. The van der Waals surface area contributed by atoms with Gasteiger partial charge in [-0.15, -0.1) is 0 Å². The lowest BCUT2D eigenvalue weighted by atomic mass is 10.1. The molecule has 3 N–H and O–H groups in total. The number of nitrogens with one attached hydrogen (secondary N) is 1. The molecule has 3 nitrogen and oxygen atoms in total. The fourth-order valence-electron chi connectivity index (χ4n) is 1.42. The third-order valence-corrected chi connectivity index (χ3v) is 2.41. The van der Waals surface area contributed by atoms with E-state index in [1.54, 1.807) is 13.0 Å². The predicted molar refractivity (Wildman–Crippen MR) is 61.5 cm³/mol. The monoisotopic (exact) mass is 224 g/mol. The molecule has 1 unspecified atom stereocenters. The number of carbonyl (C=O) groups excluding carboxylic acids is 1. The molecule has 1 amide bonds. The van der Waals surface area contributed by atoms with Gasteiger partial charge in [-0.25, -0.2) is 4.39 Å². The van der Waals surface area contributed by atoms with Gasteiger partial charge in [0.05, 0.1) is 6.04 Å². The van der Waals surface area contributed by atoms with E-state index in [-0.39, 0.29) is 11.7 Å². The maximum absolute atomic E-state index is 12.8. The fraction of sp³-hybridized carbons (Fsp3) is 0.417. The third-order valence-electron chi connectivity index (χ3n) is 2.41. The van der Waals surface area contributed by atoms with Gasteiger partial charge in [0.15, 0.2) is 0 Å². The number of halogens is 1. The SMILES string of the molecule is Cc1cc(F)ccc1CCNC(=O)C(C)N. The Morgan fingerprint density at radius 3 is 2.81 bits per heavy atom. The fourth-order valence-corrected chi connectivity index (χ4v) is 1.42. The first kappa shape index (κ1) is 12.6. The molecular formula is C12H17FN2O. The first-order valence-electron chi connectivity index (χ1n) is 5.29. The van der Waals surface area contributed by atoms with Crippen LogP contribution in [0.5, 0.6) is 0 Å². The Morgan fingerprint density at radius 2 is 2.25 bits per heavy atom. The molecule has 4 heteroatoms. The van der Waals surface area contributed by atoms with Crippen LogP contribution in [0.3, 0.4) is 0 Å². The van der Waals surface area contributed by atoms with Gasteiger partial charge in [0.25, 0.3) is 0 Å². The van der Waals surface area contributed by atoms with Crippen molar-refractivity contribution in [1.82, 2.24) is 5.32 Å². The highest BCUT2D eigenvalue weighted by Crippen LogP contribution is 2.10. The van der Waals surface area contributed by atoms with Gasteiger partial charge in [-0.2, -0.15) is 0 Å². The van der Waals surface area contributed by atoms with E-state index in [0.717, 1.165) is 11.1 Å². The molecular weight excluding hydrogens is 207 g/mol. The van der Waals surface area contributed by atoms with E-state index in [0.29, 0.717) is 13.0 Å². The number of amides is 1. The molecule has 0 bridgehead atoms. The Kier molecular flexibility index (Phi) is 4.43. The van der Waals surface area contributed by atoms with Crippen LogP contribution >= 0.6 is 0 Å². The highest BCUT2D eigenvalue weighted by molar-refractivity contribution is 5.80. The lowest BCUT2D eigenvalue weighted by Crippen LogP contribution is -2.39. The molecule has 0 aliphatic heterocycles. The summed E-state index contributed by atoms with van der Waals surface area (Å²) in [4.78, 5) is 11.2. The van der Waals surface area contributed by atoms with E-state index in [1.165, 1.54) is 12.1 Å². The second-order valence-electron chi connectivity index (χ2n) is 3.90. The van der Waals surface area contributed by atoms with E-state index < -0.39 is 6.04 Å². The highest BCUT2D eigenvalue weighted by Gasteiger charge is 2.06. The van der Waals surface area contributed by atoms with Gasteiger partial charge in [0.1, 0.15) is 5.82 Å². The molecule has 1 aromatic carbocycles. The molecule has 0 saturated heterocycles. The molecule has 0 aromatic heterocycles. The highest BCUT2D eigenvalue weighted by atomic mass is 19.1. The van der Waals surface area contributed by atoms with Gasteiger partial charge in [-0.05, 0) is 43.5 Å². The zero-order valence-electron chi connectivity index (χ0n) is 9.59. The summed E-state index contributed by atoms with van der Waals surface area (Å²) in [5.41, 5.74) is 7.34. The molecule has 0 saturated carbocycles. The lowest BCUT2D eigenvalue weighted by Gasteiger charge is -2.09. The Bertz CT molecular complexity index is 377. The average molecular weight is 224 g/mol. The van der Waals surface area contributed by atoms with Gasteiger partial charge in [-0.1, -0.05) is 6.07 Å². The van der Waals surface area contributed by atoms with Crippen LogP contribution < -0.4 is 11.1 Å². The van der Waals surface area contributed by atoms with Crippen molar-refractivity contribution in [2.75, 3.05) is 6.54 Å². The zero-order valence-corrected chi connectivity index (χ0v) is 9.59. The number of hydrogen-bond donors (Lipinski definition) is 2. The molecule has 0 aliphatic rings. The summed E-state index contributed by atoms with van der Waals surface area (Å²) in [6.45, 7) is 4.01. The standard InChI is InChI=1S/C12H17FN2O/c1-8-7-11(13)4-3-10(8)5-6-15-12(16)9(2)14/h3-4,7,9H,5-6,14H2,1-2H3,(H,15,16). The van der Waals surface area contributed by atoms with Gasteiger partial charge in [0.2, 0.25) is 5.91 Å².